The molecule has 1 aromatic heterocycles. The first-order valence-corrected chi connectivity index (χ1v) is 8.89. The van der Waals surface area contributed by atoms with Gasteiger partial charge in [-0.3, -0.25) is 4.79 Å². The molecule has 0 aliphatic rings. The number of amides is 1. The van der Waals surface area contributed by atoms with E-state index in [1.54, 1.807) is 24.3 Å². The van der Waals surface area contributed by atoms with Gasteiger partial charge in [0.1, 0.15) is 17.6 Å². The highest BCUT2D eigenvalue weighted by atomic mass is 16.2. The van der Waals surface area contributed by atoms with E-state index >= 15 is 0 Å². The number of nitrogens with zero attached hydrogens (tertiary/aromatic N) is 3. The molecule has 3 rings (SSSR count). The average molecular weight is 371 g/mol. The van der Waals surface area contributed by atoms with Gasteiger partial charge >= 0.3 is 0 Å². The number of para-hydroxylation sites is 1. The highest BCUT2D eigenvalue weighted by molar-refractivity contribution is 5.94. The molecule has 0 unspecified atom stereocenters. The number of hydrogen-bond acceptors (Lipinski definition) is 5. The second-order valence-corrected chi connectivity index (χ2v) is 7.31. The molecule has 0 bridgehead atoms. The summed E-state index contributed by atoms with van der Waals surface area (Å²) in [5.74, 6) is 0.582. The van der Waals surface area contributed by atoms with Crippen LogP contribution in [0.15, 0.2) is 60.7 Å². The Bertz CT molecular complexity index is 1030. The molecule has 0 radical (unpaired) electrons. The summed E-state index contributed by atoms with van der Waals surface area (Å²) >= 11 is 0. The number of carbonyl (C=O) groups excluding carboxylic acids is 1. The molecular formula is C22H21N5O. The Hall–Kier alpha value is -3.72. The van der Waals surface area contributed by atoms with Crippen molar-refractivity contribution in [2.75, 3.05) is 5.32 Å². The highest BCUT2D eigenvalue weighted by Crippen LogP contribution is 2.23. The monoisotopic (exact) mass is 371 g/mol. The van der Waals surface area contributed by atoms with Crippen molar-refractivity contribution in [3.8, 4) is 17.5 Å². The molecule has 1 heterocycles. The van der Waals surface area contributed by atoms with Gasteiger partial charge in [-0.25, -0.2) is 9.97 Å². The Morgan fingerprint density at radius 2 is 1.68 bits per heavy atom. The summed E-state index contributed by atoms with van der Waals surface area (Å²) in [5.41, 5.74) is 1.76. The number of nitrogens with one attached hydrogen (secondary N) is 2. The number of rotatable bonds is 4. The Kier molecular flexibility index (Phi) is 5.37. The van der Waals surface area contributed by atoms with Gasteiger partial charge in [0, 0.05) is 17.2 Å². The second-order valence-electron chi connectivity index (χ2n) is 7.31. The summed E-state index contributed by atoms with van der Waals surface area (Å²) in [6, 6.07) is 20.3. The molecule has 3 aromatic rings. The summed E-state index contributed by atoms with van der Waals surface area (Å²) < 4.78 is 0. The van der Waals surface area contributed by atoms with Gasteiger partial charge in [-0.2, -0.15) is 5.26 Å². The molecular weight excluding hydrogens is 350 g/mol. The molecule has 0 aliphatic carbocycles. The Morgan fingerprint density at radius 3 is 2.36 bits per heavy atom. The second kappa shape index (κ2) is 7.89. The van der Waals surface area contributed by atoms with Gasteiger partial charge in [0.15, 0.2) is 5.82 Å². The summed E-state index contributed by atoms with van der Waals surface area (Å²) in [6.45, 7) is 5.73. The van der Waals surface area contributed by atoms with E-state index in [-0.39, 0.29) is 11.6 Å². The van der Waals surface area contributed by atoms with Crippen LogP contribution in [0.25, 0.3) is 11.4 Å². The lowest BCUT2D eigenvalue weighted by molar-refractivity contribution is 0.0914. The van der Waals surface area contributed by atoms with E-state index in [1.807, 2.05) is 57.2 Å². The lowest BCUT2D eigenvalue weighted by Crippen LogP contribution is -2.41. The van der Waals surface area contributed by atoms with Gasteiger partial charge in [-0.15, -0.1) is 0 Å². The lowest BCUT2D eigenvalue weighted by Gasteiger charge is -2.20. The highest BCUT2D eigenvalue weighted by Gasteiger charge is 2.19. The van der Waals surface area contributed by atoms with E-state index in [1.165, 1.54) is 0 Å². The van der Waals surface area contributed by atoms with E-state index in [9.17, 15) is 10.1 Å². The van der Waals surface area contributed by atoms with Crippen molar-refractivity contribution in [2.24, 2.45) is 0 Å². The minimum absolute atomic E-state index is 0.251. The van der Waals surface area contributed by atoms with Gasteiger partial charge in [-0.05, 0) is 32.9 Å². The summed E-state index contributed by atoms with van der Waals surface area (Å²) in [7, 11) is 0. The van der Waals surface area contributed by atoms with Crippen molar-refractivity contribution in [2.45, 2.75) is 26.3 Å². The normalized spacial score (nSPS) is 10.8. The Balaban J connectivity index is 2.05. The predicted octanol–water partition coefficient (Wildman–Crippen LogP) is 4.29. The fourth-order valence-corrected chi connectivity index (χ4v) is 2.58. The van der Waals surface area contributed by atoms with Crippen molar-refractivity contribution >= 4 is 17.4 Å². The zero-order valence-electron chi connectivity index (χ0n) is 16.0. The number of aromatic nitrogens is 2. The molecule has 0 atom stereocenters. The quantitative estimate of drug-likeness (QED) is 0.714. The zero-order valence-corrected chi connectivity index (χ0v) is 16.0. The zero-order chi connectivity index (χ0) is 20.1. The molecule has 0 aliphatic heterocycles. The molecule has 2 N–H and O–H groups in total. The number of hydrogen-bond donors (Lipinski definition) is 2. The standard InChI is InChI=1S/C22H21N5O/c1-22(2,3)27-21(28)18-13-19(24-17-12-8-7-11-16(17)14-23)26-20(25-18)15-9-5-4-6-10-15/h4-13H,1-3H3,(H,27,28)(H,24,25,26). The number of nitriles is 1. The minimum atomic E-state index is -0.393. The Morgan fingerprint density at radius 1 is 1.00 bits per heavy atom. The topological polar surface area (TPSA) is 90.7 Å². The van der Waals surface area contributed by atoms with Crippen LogP contribution in [0.1, 0.15) is 36.8 Å². The van der Waals surface area contributed by atoms with Gasteiger partial charge in [0.2, 0.25) is 0 Å². The molecule has 0 saturated heterocycles. The summed E-state index contributed by atoms with van der Waals surface area (Å²) in [6.07, 6.45) is 0. The number of anilines is 2. The van der Waals surface area contributed by atoms with Gasteiger partial charge in [0.05, 0.1) is 11.3 Å². The predicted molar refractivity (Wildman–Crippen MR) is 109 cm³/mol. The van der Waals surface area contributed by atoms with Gasteiger partial charge in [-0.1, -0.05) is 42.5 Å². The van der Waals surface area contributed by atoms with Crippen LogP contribution in [-0.4, -0.2) is 21.4 Å². The maximum Gasteiger partial charge on any atom is 0.270 e. The van der Waals surface area contributed by atoms with Gasteiger partial charge in [0.25, 0.3) is 5.91 Å². The van der Waals surface area contributed by atoms with E-state index in [2.05, 4.69) is 26.7 Å². The van der Waals surface area contributed by atoms with Crippen molar-refractivity contribution in [3.63, 3.8) is 0 Å². The van der Waals surface area contributed by atoms with Crippen molar-refractivity contribution < 1.29 is 4.79 Å². The summed E-state index contributed by atoms with van der Waals surface area (Å²) in [4.78, 5) is 21.7. The van der Waals surface area contributed by atoms with E-state index in [4.69, 9.17) is 0 Å². The minimum Gasteiger partial charge on any atom is -0.346 e. The van der Waals surface area contributed by atoms with Gasteiger partial charge < -0.3 is 10.6 Å². The van der Waals surface area contributed by atoms with Crippen LogP contribution in [0, 0.1) is 11.3 Å². The first-order chi connectivity index (χ1) is 13.4. The maximum atomic E-state index is 12.7. The van der Waals surface area contributed by atoms with Crippen molar-refractivity contribution in [3.05, 3.63) is 71.9 Å². The largest absolute Gasteiger partial charge is 0.346 e. The Labute approximate surface area is 164 Å². The van der Waals surface area contributed by atoms with Crippen LogP contribution in [0.4, 0.5) is 11.5 Å². The molecule has 0 spiro atoms. The number of benzene rings is 2. The van der Waals surface area contributed by atoms with E-state index in [0.717, 1.165) is 5.56 Å². The fourth-order valence-electron chi connectivity index (χ4n) is 2.58. The van der Waals surface area contributed by atoms with Crippen LogP contribution in [-0.2, 0) is 0 Å². The fraction of sp³-hybridized carbons (Fsp3) is 0.182. The molecule has 2 aromatic carbocycles. The van der Waals surface area contributed by atoms with Crippen molar-refractivity contribution in [1.29, 1.82) is 5.26 Å². The first kappa shape index (κ1) is 19.1. The molecule has 6 nitrogen and oxygen atoms in total. The van der Waals surface area contributed by atoms with E-state index in [0.29, 0.717) is 22.9 Å². The smallest absolute Gasteiger partial charge is 0.270 e. The van der Waals surface area contributed by atoms with Crippen LogP contribution in [0.3, 0.4) is 0 Å². The van der Waals surface area contributed by atoms with Crippen LogP contribution < -0.4 is 10.6 Å². The molecule has 0 fully saturated rings. The lowest BCUT2D eigenvalue weighted by atomic mass is 10.1. The molecule has 140 valence electrons. The van der Waals surface area contributed by atoms with Crippen LogP contribution in [0.2, 0.25) is 0 Å². The third-order valence-corrected chi connectivity index (χ3v) is 3.79. The van der Waals surface area contributed by atoms with E-state index < -0.39 is 5.54 Å². The third kappa shape index (κ3) is 4.71. The SMILES string of the molecule is CC(C)(C)NC(=O)c1cc(Nc2ccccc2C#N)nc(-c2ccccc2)n1. The molecule has 28 heavy (non-hydrogen) atoms. The van der Waals surface area contributed by atoms with Crippen molar-refractivity contribution in [1.82, 2.24) is 15.3 Å². The average Bonchev–Trinajstić information content (AvgIpc) is 2.67. The number of carbonyl (C=O) groups is 1. The first-order valence-electron chi connectivity index (χ1n) is 8.89. The van der Waals surface area contributed by atoms with Crippen LogP contribution >= 0.6 is 0 Å². The van der Waals surface area contributed by atoms with Crippen LogP contribution in [0.5, 0.6) is 0 Å². The maximum absolute atomic E-state index is 12.7. The summed E-state index contributed by atoms with van der Waals surface area (Å²) in [5, 5.41) is 15.4. The third-order valence-electron chi connectivity index (χ3n) is 3.79. The molecule has 1 amide bonds. The molecule has 6 heteroatoms. The molecule has 0 saturated carbocycles.